The van der Waals surface area contributed by atoms with Crippen LogP contribution in [0.15, 0.2) is 25.3 Å². The number of nitrogens with one attached hydrogen (secondary N) is 1. The van der Waals surface area contributed by atoms with Crippen molar-refractivity contribution in [3.05, 3.63) is 25.3 Å². The number of hydrogen-bond donors (Lipinski definition) is 1. The first kappa shape index (κ1) is 15.9. The molecule has 0 aliphatic carbocycles. The lowest BCUT2D eigenvalue weighted by Gasteiger charge is -2.04. The number of ether oxygens (including phenoxy) is 2. The molecule has 100 valence electrons. The molecule has 6 heteroatoms. The molecule has 0 radical (unpaired) electrons. The first-order valence-electron chi connectivity index (χ1n) is 5.46. The molecule has 1 heterocycles. The van der Waals surface area contributed by atoms with Crippen molar-refractivity contribution in [1.29, 1.82) is 0 Å². The Balaban J connectivity index is 0.000000631. The molecular formula is C12H17NO5. The molecule has 1 N–H and O–H groups in total. The molecule has 0 aromatic rings. The van der Waals surface area contributed by atoms with Crippen molar-refractivity contribution in [2.24, 2.45) is 0 Å². The number of carbonyl (C=O) groups excluding carboxylic acids is 3. The van der Waals surface area contributed by atoms with Gasteiger partial charge in [0.2, 0.25) is 0 Å². The summed E-state index contributed by atoms with van der Waals surface area (Å²) in [5.41, 5.74) is 0. The Morgan fingerprint density at radius 2 is 2.06 bits per heavy atom. The first-order valence-corrected chi connectivity index (χ1v) is 5.46. The van der Waals surface area contributed by atoms with Crippen LogP contribution in [0.2, 0.25) is 0 Å². The number of alkyl carbamates (subject to hydrolysis) is 1. The maximum atomic E-state index is 10.9. The summed E-state index contributed by atoms with van der Waals surface area (Å²) in [7, 11) is 0. The lowest BCUT2D eigenvalue weighted by atomic mass is 10.2. The van der Waals surface area contributed by atoms with Gasteiger partial charge in [0.05, 0.1) is 6.61 Å². The molecule has 0 aromatic heterocycles. The van der Waals surface area contributed by atoms with Crippen LogP contribution < -0.4 is 5.32 Å². The molecule has 6 nitrogen and oxygen atoms in total. The lowest BCUT2D eigenvalue weighted by Crippen LogP contribution is -2.29. The third kappa shape index (κ3) is 6.47. The van der Waals surface area contributed by atoms with Gasteiger partial charge < -0.3 is 14.8 Å². The average Bonchev–Trinajstić information content (AvgIpc) is 2.66. The van der Waals surface area contributed by atoms with Gasteiger partial charge >= 0.3 is 18.0 Å². The Bertz CT molecular complexity index is 331. The summed E-state index contributed by atoms with van der Waals surface area (Å²) in [6, 6.07) is -0.716. The molecule has 1 aliphatic rings. The van der Waals surface area contributed by atoms with Crippen LogP contribution >= 0.6 is 0 Å². The Labute approximate surface area is 106 Å². The largest absolute Gasteiger partial charge is 0.466 e. The molecule has 0 spiro atoms. The highest BCUT2D eigenvalue weighted by Crippen LogP contribution is 2.07. The molecule has 1 fully saturated rings. The van der Waals surface area contributed by atoms with E-state index in [1.807, 2.05) is 0 Å². The van der Waals surface area contributed by atoms with Crippen LogP contribution in [0.4, 0.5) is 4.79 Å². The van der Waals surface area contributed by atoms with Crippen molar-refractivity contribution in [3.8, 4) is 0 Å². The standard InChI is InChI=1S/C8H11NO5.C4H6/c1-2-13-6(10)4-3-5-7(11)14-8(12)9-5;1-3-4-2/h5H,2-4H2,1H3,(H,9,12);3-4H,1-2H2/t5-;/m0./s1. The highest BCUT2D eigenvalue weighted by molar-refractivity contribution is 5.95. The summed E-state index contributed by atoms with van der Waals surface area (Å²) in [5.74, 6) is -1.03. The molecule has 0 aromatic carbocycles. The zero-order valence-corrected chi connectivity index (χ0v) is 10.3. The Morgan fingerprint density at radius 1 is 1.44 bits per heavy atom. The molecule has 1 amide bonds. The van der Waals surface area contributed by atoms with E-state index in [4.69, 9.17) is 0 Å². The van der Waals surface area contributed by atoms with Gasteiger partial charge in [0, 0.05) is 6.42 Å². The Kier molecular flexibility index (Phi) is 7.92. The summed E-state index contributed by atoms with van der Waals surface area (Å²) in [6.45, 7) is 8.73. The minimum atomic E-state index is -0.760. The smallest absolute Gasteiger partial charge is 0.415 e. The van der Waals surface area contributed by atoms with Crippen LogP contribution in [0.25, 0.3) is 0 Å². The highest BCUT2D eigenvalue weighted by atomic mass is 16.6. The van der Waals surface area contributed by atoms with Crippen LogP contribution in [-0.2, 0) is 19.1 Å². The van der Waals surface area contributed by atoms with Gasteiger partial charge in [-0.05, 0) is 13.3 Å². The number of allylic oxidation sites excluding steroid dienone is 2. The van der Waals surface area contributed by atoms with Crippen LogP contribution in [0.3, 0.4) is 0 Å². The quantitative estimate of drug-likeness (QED) is 0.455. The van der Waals surface area contributed by atoms with Gasteiger partial charge in [0.1, 0.15) is 6.04 Å². The minimum absolute atomic E-state index is 0.0912. The van der Waals surface area contributed by atoms with E-state index in [9.17, 15) is 14.4 Å². The second-order valence-corrected chi connectivity index (χ2v) is 3.22. The topological polar surface area (TPSA) is 81.7 Å². The molecule has 0 unspecified atom stereocenters. The molecule has 1 saturated heterocycles. The summed E-state index contributed by atoms with van der Waals surface area (Å²) in [5, 5.41) is 2.28. The minimum Gasteiger partial charge on any atom is -0.466 e. The predicted octanol–water partition coefficient (Wildman–Crippen LogP) is 1.32. The second kappa shape index (κ2) is 8.98. The van der Waals surface area contributed by atoms with Crippen molar-refractivity contribution < 1.29 is 23.9 Å². The molecule has 1 rings (SSSR count). The number of carbonyl (C=O) groups is 3. The third-order valence-corrected chi connectivity index (χ3v) is 1.88. The molecule has 0 saturated carbocycles. The van der Waals surface area contributed by atoms with E-state index in [1.165, 1.54) is 0 Å². The Morgan fingerprint density at radius 3 is 2.44 bits per heavy atom. The SMILES string of the molecule is C=CC=C.CCOC(=O)CC[C@@H]1NC(=O)OC1=O. The number of cyclic esters (lactones) is 2. The summed E-state index contributed by atoms with van der Waals surface area (Å²) >= 11 is 0. The van der Waals surface area contributed by atoms with Gasteiger partial charge in [-0.2, -0.15) is 0 Å². The van der Waals surface area contributed by atoms with E-state index >= 15 is 0 Å². The van der Waals surface area contributed by atoms with Crippen LogP contribution in [0.5, 0.6) is 0 Å². The van der Waals surface area contributed by atoms with Gasteiger partial charge in [-0.25, -0.2) is 9.59 Å². The zero-order valence-electron chi connectivity index (χ0n) is 10.3. The van der Waals surface area contributed by atoms with Gasteiger partial charge in [-0.15, -0.1) is 0 Å². The number of amides is 1. The molecular weight excluding hydrogens is 238 g/mol. The summed E-state index contributed by atoms with van der Waals surface area (Å²) < 4.78 is 8.89. The van der Waals surface area contributed by atoms with Crippen molar-refractivity contribution in [2.75, 3.05) is 6.61 Å². The predicted molar refractivity (Wildman–Crippen MR) is 64.7 cm³/mol. The average molecular weight is 255 g/mol. The second-order valence-electron chi connectivity index (χ2n) is 3.22. The van der Waals surface area contributed by atoms with Gasteiger partial charge in [0.15, 0.2) is 0 Å². The Hall–Kier alpha value is -2.11. The fraction of sp³-hybridized carbons (Fsp3) is 0.417. The fourth-order valence-electron chi connectivity index (χ4n) is 1.08. The van der Waals surface area contributed by atoms with Gasteiger partial charge in [-0.3, -0.25) is 4.79 Å². The third-order valence-electron chi connectivity index (χ3n) is 1.88. The van der Waals surface area contributed by atoms with E-state index in [-0.39, 0.29) is 18.8 Å². The zero-order chi connectivity index (χ0) is 14.0. The maximum Gasteiger partial charge on any atom is 0.415 e. The number of hydrogen-bond acceptors (Lipinski definition) is 5. The van der Waals surface area contributed by atoms with E-state index in [1.54, 1.807) is 19.1 Å². The van der Waals surface area contributed by atoms with Crippen LogP contribution in [0.1, 0.15) is 19.8 Å². The van der Waals surface area contributed by atoms with Crippen molar-refractivity contribution >= 4 is 18.0 Å². The van der Waals surface area contributed by atoms with Crippen molar-refractivity contribution in [2.45, 2.75) is 25.8 Å². The van der Waals surface area contributed by atoms with E-state index in [2.05, 4.69) is 27.9 Å². The fourth-order valence-corrected chi connectivity index (χ4v) is 1.08. The molecule has 0 bridgehead atoms. The first-order chi connectivity index (χ1) is 8.54. The molecule has 1 atom stereocenters. The van der Waals surface area contributed by atoms with E-state index in [0.29, 0.717) is 6.61 Å². The molecule has 18 heavy (non-hydrogen) atoms. The summed E-state index contributed by atoms with van der Waals surface area (Å²) in [6.07, 6.45) is 2.82. The number of rotatable bonds is 5. The number of esters is 2. The van der Waals surface area contributed by atoms with Crippen molar-refractivity contribution in [3.63, 3.8) is 0 Å². The summed E-state index contributed by atoms with van der Waals surface area (Å²) in [4.78, 5) is 32.4. The van der Waals surface area contributed by atoms with E-state index in [0.717, 1.165) is 0 Å². The molecule has 1 aliphatic heterocycles. The van der Waals surface area contributed by atoms with Gasteiger partial charge in [-0.1, -0.05) is 25.3 Å². The monoisotopic (exact) mass is 255 g/mol. The van der Waals surface area contributed by atoms with Crippen LogP contribution in [-0.4, -0.2) is 30.7 Å². The normalized spacial score (nSPS) is 16.8. The van der Waals surface area contributed by atoms with Crippen molar-refractivity contribution in [1.82, 2.24) is 5.32 Å². The maximum absolute atomic E-state index is 10.9. The van der Waals surface area contributed by atoms with Gasteiger partial charge in [0.25, 0.3) is 0 Å². The van der Waals surface area contributed by atoms with Crippen LogP contribution in [0, 0.1) is 0 Å². The van der Waals surface area contributed by atoms with E-state index < -0.39 is 18.1 Å². The highest BCUT2D eigenvalue weighted by Gasteiger charge is 2.32. The lowest BCUT2D eigenvalue weighted by molar-refractivity contribution is -0.143.